The molecule has 3 heteroatoms. The molecule has 0 saturated heterocycles. The molecule has 1 rings (SSSR count). The Kier molecular flexibility index (Phi) is 2.29. The molecule has 0 aromatic carbocycles. The van der Waals surface area contributed by atoms with Gasteiger partial charge in [0.25, 0.3) is 0 Å². The summed E-state index contributed by atoms with van der Waals surface area (Å²) in [5.74, 6) is 0. The average molecular weight is 154 g/mol. The number of nitrogens with zero attached hydrogens (tertiary/aromatic N) is 1. The van der Waals surface area contributed by atoms with Crippen LogP contribution in [0.5, 0.6) is 0 Å². The largest absolute Gasteiger partial charge is 0.610 e. The molecular formula is C7H8NOS. The van der Waals surface area contributed by atoms with Crippen LogP contribution in [0.1, 0.15) is 5.56 Å². The smallest absolute Gasteiger partial charge is 0.244 e. The van der Waals surface area contributed by atoms with Gasteiger partial charge in [0.05, 0.1) is 0 Å². The Bertz CT molecular complexity index is 207. The maximum atomic E-state index is 10.8. The van der Waals surface area contributed by atoms with Gasteiger partial charge >= 0.3 is 0 Å². The van der Waals surface area contributed by atoms with Gasteiger partial charge in [0.1, 0.15) is 6.26 Å². The summed E-state index contributed by atoms with van der Waals surface area (Å²) in [6.45, 7) is 3.66. The molecule has 2 nitrogen and oxygen atoms in total. The van der Waals surface area contributed by atoms with Crippen molar-refractivity contribution in [2.24, 2.45) is 0 Å². The predicted molar refractivity (Wildman–Crippen MR) is 41.0 cm³/mol. The van der Waals surface area contributed by atoms with Crippen LogP contribution < -0.4 is 0 Å². The molecule has 1 radical (unpaired) electrons. The summed E-state index contributed by atoms with van der Waals surface area (Å²) in [5, 5.41) is 0.604. The third kappa shape index (κ3) is 1.72. The lowest BCUT2D eigenvalue weighted by molar-refractivity contribution is 0.597. The van der Waals surface area contributed by atoms with Crippen LogP contribution >= 0.6 is 0 Å². The molecular weight excluding hydrogens is 146 g/mol. The number of hydrogen-bond donors (Lipinski definition) is 0. The van der Waals surface area contributed by atoms with E-state index in [1.165, 1.54) is 0 Å². The summed E-state index contributed by atoms with van der Waals surface area (Å²) < 4.78 is 10.8. The lowest BCUT2D eigenvalue weighted by Crippen LogP contribution is -1.99. The summed E-state index contributed by atoms with van der Waals surface area (Å²) >= 11 is -0.976. The summed E-state index contributed by atoms with van der Waals surface area (Å²) in [7, 11) is 0. The van der Waals surface area contributed by atoms with E-state index in [4.69, 9.17) is 0 Å². The first-order valence-electron chi connectivity index (χ1n) is 2.81. The van der Waals surface area contributed by atoms with E-state index in [0.717, 1.165) is 5.56 Å². The third-order valence-corrected chi connectivity index (χ3v) is 1.92. The standard InChI is InChI=1S/C7H8NOS/c1-6-3-4-7(8-5-6)10(2)9/h3-5H,1H2,2H3. The van der Waals surface area contributed by atoms with Gasteiger partial charge in [-0.1, -0.05) is 6.07 Å². The van der Waals surface area contributed by atoms with Crippen molar-refractivity contribution >= 4 is 11.2 Å². The fourth-order valence-electron chi connectivity index (χ4n) is 0.581. The minimum atomic E-state index is -0.976. The van der Waals surface area contributed by atoms with Crippen molar-refractivity contribution in [3.8, 4) is 0 Å². The Hall–Kier alpha value is -0.540. The maximum Gasteiger partial charge on any atom is 0.244 e. The zero-order valence-electron chi connectivity index (χ0n) is 5.70. The zero-order valence-corrected chi connectivity index (χ0v) is 6.52. The molecule has 0 aliphatic rings. The van der Waals surface area contributed by atoms with E-state index in [1.54, 1.807) is 24.6 Å². The molecule has 10 heavy (non-hydrogen) atoms. The van der Waals surface area contributed by atoms with Crippen molar-refractivity contribution in [2.75, 3.05) is 6.26 Å². The highest BCUT2D eigenvalue weighted by Gasteiger charge is 2.02. The van der Waals surface area contributed by atoms with E-state index < -0.39 is 11.2 Å². The van der Waals surface area contributed by atoms with Crippen molar-refractivity contribution in [2.45, 2.75) is 5.03 Å². The van der Waals surface area contributed by atoms with Crippen molar-refractivity contribution in [1.82, 2.24) is 4.98 Å². The van der Waals surface area contributed by atoms with E-state index in [0.29, 0.717) is 5.03 Å². The van der Waals surface area contributed by atoms with E-state index in [9.17, 15) is 4.55 Å². The topological polar surface area (TPSA) is 36.0 Å². The second kappa shape index (κ2) is 3.03. The van der Waals surface area contributed by atoms with Gasteiger partial charge in [-0.2, -0.15) is 0 Å². The first-order valence-corrected chi connectivity index (χ1v) is 4.37. The molecule has 53 valence electrons. The Balaban J connectivity index is 2.89. The SMILES string of the molecule is [CH2]c1ccc([S+](C)[O-])nc1. The van der Waals surface area contributed by atoms with E-state index >= 15 is 0 Å². The van der Waals surface area contributed by atoms with Crippen molar-refractivity contribution in [1.29, 1.82) is 0 Å². The summed E-state index contributed by atoms with van der Waals surface area (Å²) in [5.41, 5.74) is 0.842. The van der Waals surface area contributed by atoms with Crippen LogP contribution in [0.15, 0.2) is 23.4 Å². The fourth-order valence-corrected chi connectivity index (χ4v) is 1.04. The van der Waals surface area contributed by atoms with Crippen LogP contribution in [0, 0.1) is 6.92 Å². The van der Waals surface area contributed by atoms with Gasteiger partial charge in [-0.05, 0) is 12.5 Å². The minimum Gasteiger partial charge on any atom is -0.610 e. The average Bonchev–Trinajstić information content (AvgIpc) is 1.88. The highest BCUT2D eigenvalue weighted by Crippen LogP contribution is 2.04. The summed E-state index contributed by atoms with van der Waals surface area (Å²) in [6, 6.07) is 3.52. The van der Waals surface area contributed by atoms with Crippen molar-refractivity contribution in [3.63, 3.8) is 0 Å². The molecule has 1 unspecified atom stereocenters. The molecule has 0 spiro atoms. The van der Waals surface area contributed by atoms with Gasteiger partial charge in [-0.25, -0.2) is 4.98 Å². The maximum absolute atomic E-state index is 10.8. The molecule has 0 aliphatic carbocycles. The summed E-state index contributed by atoms with van der Waals surface area (Å²) in [6.07, 6.45) is 3.21. The van der Waals surface area contributed by atoms with Crippen LogP contribution in [0.4, 0.5) is 0 Å². The molecule has 1 aromatic heterocycles. The molecule has 0 aliphatic heterocycles. The third-order valence-electron chi connectivity index (χ3n) is 1.09. The van der Waals surface area contributed by atoms with Crippen LogP contribution in [-0.4, -0.2) is 15.8 Å². The Labute approximate surface area is 63.5 Å². The monoisotopic (exact) mass is 154 g/mol. The Morgan fingerprint density at radius 2 is 2.30 bits per heavy atom. The van der Waals surface area contributed by atoms with Crippen molar-refractivity contribution < 1.29 is 4.55 Å². The lowest BCUT2D eigenvalue weighted by atomic mass is 10.3. The molecule has 0 N–H and O–H groups in total. The zero-order chi connectivity index (χ0) is 7.56. The quantitative estimate of drug-likeness (QED) is 0.566. The molecule has 1 atom stereocenters. The number of hydrogen-bond acceptors (Lipinski definition) is 2. The first-order chi connectivity index (χ1) is 4.70. The number of aromatic nitrogens is 1. The Morgan fingerprint density at radius 1 is 1.60 bits per heavy atom. The molecule has 0 fully saturated rings. The van der Waals surface area contributed by atoms with E-state index in [-0.39, 0.29) is 0 Å². The lowest BCUT2D eigenvalue weighted by Gasteiger charge is -2.01. The highest BCUT2D eigenvalue weighted by molar-refractivity contribution is 7.90. The van der Waals surface area contributed by atoms with Gasteiger partial charge in [0, 0.05) is 23.4 Å². The van der Waals surface area contributed by atoms with E-state index in [2.05, 4.69) is 11.9 Å². The van der Waals surface area contributed by atoms with Crippen molar-refractivity contribution in [3.05, 3.63) is 30.8 Å². The number of pyridine rings is 1. The van der Waals surface area contributed by atoms with Crippen LogP contribution in [-0.2, 0) is 11.2 Å². The second-order valence-electron chi connectivity index (χ2n) is 1.96. The highest BCUT2D eigenvalue weighted by atomic mass is 32.2. The number of rotatable bonds is 1. The van der Waals surface area contributed by atoms with Gasteiger partial charge in [0.2, 0.25) is 5.03 Å². The fraction of sp³-hybridized carbons (Fsp3) is 0.143. The van der Waals surface area contributed by atoms with Crippen LogP contribution in [0.25, 0.3) is 0 Å². The van der Waals surface area contributed by atoms with Gasteiger partial charge in [-0.15, -0.1) is 0 Å². The van der Waals surface area contributed by atoms with Gasteiger partial charge in [-0.3, -0.25) is 0 Å². The van der Waals surface area contributed by atoms with Gasteiger partial charge < -0.3 is 4.55 Å². The normalized spacial score (nSPS) is 13.1. The molecule has 0 saturated carbocycles. The van der Waals surface area contributed by atoms with Gasteiger partial charge in [0.15, 0.2) is 0 Å². The molecule has 0 amide bonds. The Morgan fingerprint density at radius 3 is 2.70 bits per heavy atom. The molecule has 0 bridgehead atoms. The predicted octanol–water partition coefficient (Wildman–Crippen LogP) is 1.00. The second-order valence-corrected chi connectivity index (χ2v) is 3.29. The van der Waals surface area contributed by atoms with Crippen LogP contribution in [0.3, 0.4) is 0 Å². The summed E-state index contributed by atoms with van der Waals surface area (Å²) in [4.78, 5) is 3.92. The molecule has 1 aromatic rings. The van der Waals surface area contributed by atoms with E-state index in [1.807, 2.05) is 0 Å². The van der Waals surface area contributed by atoms with Crippen LogP contribution in [0.2, 0.25) is 0 Å². The first kappa shape index (κ1) is 7.57. The minimum absolute atomic E-state index is 0.604. The molecule has 1 heterocycles.